The van der Waals surface area contributed by atoms with Crippen LogP contribution in [0.3, 0.4) is 0 Å². The molecule has 1 aromatic carbocycles. The van der Waals surface area contributed by atoms with Crippen molar-refractivity contribution in [2.24, 2.45) is 7.05 Å². The van der Waals surface area contributed by atoms with E-state index in [4.69, 9.17) is 4.74 Å². The summed E-state index contributed by atoms with van der Waals surface area (Å²) in [6, 6.07) is 5.57. The Labute approximate surface area is 112 Å². The maximum atomic E-state index is 5.73. The van der Waals surface area contributed by atoms with Gasteiger partial charge in [0.15, 0.2) is 5.75 Å². The minimum Gasteiger partial charge on any atom is -0.437 e. The first kappa shape index (κ1) is 11.2. The molecule has 0 atom stereocenters. The molecular weight excluding hydrogens is 296 g/mol. The summed E-state index contributed by atoms with van der Waals surface area (Å²) < 4.78 is 8.42. The lowest BCUT2D eigenvalue weighted by Gasteiger charge is -2.05. The van der Waals surface area contributed by atoms with Gasteiger partial charge in [0.25, 0.3) is 0 Å². The Bertz CT molecular complexity index is 696. The molecule has 0 amide bonds. The second-order valence-electron chi connectivity index (χ2n) is 3.79. The zero-order chi connectivity index (χ0) is 12.5. The largest absolute Gasteiger partial charge is 0.437 e. The van der Waals surface area contributed by atoms with Crippen LogP contribution in [0.2, 0.25) is 0 Å². The van der Waals surface area contributed by atoms with E-state index in [9.17, 15) is 0 Å². The number of hydrogen-bond donors (Lipinski definition) is 0. The highest BCUT2D eigenvalue weighted by Crippen LogP contribution is 2.31. The molecule has 5 nitrogen and oxygen atoms in total. The predicted molar refractivity (Wildman–Crippen MR) is 70.5 cm³/mol. The van der Waals surface area contributed by atoms with E-state index in [0.29, 0.717) is 11.6 Å². The van der Waals surface area contributed by atoms with Crippen LogP contribution in [0.5, 0.6) is 11.6 Å². The summed E-state index contributed by atoms with van der Waals surface area (Å²) in [5, 5.41) is 5.39. The second kappa shape index (κ2) is 4.38. The number of aromatic nitrogens is 4. The van der Waals surface area contributed by atoms with Gasteiger partial charge in [-0.15, -0.1) is 0 Å². The molecule has 2 aromatic heterocycles. The van der Waals surface area contributed by atoms with Crippen LogP contribution in [0.4, 0.5) is 0 Å². The summed E-state index contributed by atoms with van der Waals surface area (Å²) in [6.07, 6.45) is 5.02. The highest BCUT2D eigenvalue weighted by molar-refractivity contribution is 9.10. The van der Waals surface area contributed by atoms with Gasteiger partial charge in [-0.1, -0.05) is 15.9 Å². The monoisotopic (exact) mass is 304 g/mol. The Balaban J connectivity index is 2.10. The van der Waals surface area contributed by atoms with Crippen LogP contribution >= 0.6 is 15.9 Å². The number of rotatable bonds is 2. The van der Waals surface area contributed by atoms with Gasteiger partial charge in [0.05, 0.1) is 0 Å². The van der Waals surface area contributed by atoms with Gasteiger partial charge >= 0.3 is 0 Å². The summed E-state index contributed by atoms with van der Waals surface area (Å²) in [7, 11) is 1.88. The maximum absolute atomic E-state index is 5.73. The lowest BCUT2D eigenvalue weighted by Crippen LogP contribution is -1.90. The van der Waals surface area contributed by atoms with Crippen molar-refractivity contribution in [1.82, 2.24) is 19.7 Å². The molecular formula is C12H9BrN4O. The molecule has 0 aliphatic carbocycles. The minimum atomic E-state index is 0.495. The summed E-state index contributed by atoms with van der Waals surface area (Å²) in [5.41, 5.74) is 0.805. The number of benzene rings is 1. The lowest BCUT2D eigenvalue weighted by molar-refractivity contribution is 0.465. The molecule has 0 unspecified atom stereocenters. The molecule has 0 spiro atoms. The molecule has 3 rings (SSSR count). The molecule has 6 heteroatoms. The van der Waals surface area contributed by atoms with E-state index in [2.05, 4.69) is 31.0 Å². The topological polar surface area (TPSA) is 52.8 Å². The van der Waals surface area contributed by atoms with Crippen molar-refractivity contribution in [3.05, 3.63) is 41.4 Å². The first-order valence-electron chi connectivity index (χ1n) is 5.29. The van der Waals surface area contributed by atoms with Crippen LogP contribution in [0.15, 0.2) is 41.4 Å². The fourth-order valence-electron chi connectivity index (χ4n) is 1.72. The smallest absolute Gasteiger partial charge is 0.222 e. The molecule has 0 fully saturated rings. The average molecular weight is 305 g/mol. The number of ether oxygens (including phenoxy) is 1. The van der Waals surface area contributed by atoms with Crippen LogP contribution < -0.4 is 4.74 Å². The molecule has 0 radical (unpaired) electrons. The number of aryl methyl sites for hydroxylation is 1. The molecule has 0 saturated carbocycles. The Morgan fingerprint density at radius 1 is 1.33 bits per heavy atom. The van der Waals surface area contributed by atoms with Gasteiger partial charge < -0.3 is 4.74 Å². The second-order valence-corrected chi connectivity index (χ2v) is 4.71. The fraction of sp³-hybridized carbons (Fsp3) is 0.0833. The zero-order valence-corrected chi connectivity index (χ0v) is 11.1. The summed E-state index contributed by atoms with van der Waals surface area (Å²) in [5.74, 6) is 1.16. The van der Waals surface area contributed by atoms with E-state index in [-0.39, 0.29) is 0 Å². The molecule has 0 aliphatic rings. The van der Waals surface area contributed by atoms with Crippen molar-refractivity contribution in [3.8, 4) is 11.6 Å². The van der Waals surface area contributed by atoms with Gasteiger partial charge in [-0.05, 0) is 12.1 Å². The van der Waals surface area contributed by atoms with Gasteiger partial charge in [0.1, 0.15) is 11.8 Å². The van der Waals surface area contributed by atoms with Gasteiger partial charge in [0, 0.05) is 35.4 Å². The molecule has 18 heavy (non-hydrogen) atoms. The molecule has 0 aliphatic heterocycles. The van der Waals surface area contributed by atoms with E-state index in [1.54, 1.807) is 16.9 Å². The number of nitrogens with zero attached hydrogens (tertiary/aromatic N) is 4. The van der Waals surface area contributed by atoms with Crippen LogP contribution in [-0.2, 0) is 7.05 Å². The average Bonchev–Trinajstić information content (AvgIpc) is 2.71. The van der Waals surface area contributed by atoms with Gasteiger partial charge in [-0.3, -0.25) is 4.68 Å². The summed E-state index contributed by atoms with van der Waals surface area (Å²) >= 11 is 3.46. The van der Waals surface area contributed by atoms with Crippen molar-refractivity contribution < 1.29 is 4.74 Å². The number of halogens is 1. The molecule has 0 saturated heterocycles. The van der Waals surface area contributed by atoms with Crippen molar-refractivity contribution >= 4 is 26.8 Å². The Kier molecular flexibility index (Phi) is 2.71. The van der Waals surface area contributed by atoms with Gasteiger partial charge in [-0.25, -0.2) is 9.97 Å². The third kappa shape index (κ3) is 2.06. The van der Waals surface area contributed by atoms with Crippen molar-refractivity contribution in [3.63, 3.8) is 0 Å². The predicted octanol–water partition coefficient (Wildman–Crippen LogP) is 2.92. The number of fused-ring (bicyclic) bond motifs is 1. The SMILES string of the molecule is Cn1cc2cc(Br)cc(Oc3ccncn3)c2n1. The first-order chi connectivity index (χ1) is 8.72. The van der Waals surface area contributed by atoms with Gasteiger partial charge in [-0.2, -0.15) is 5.10 Å². The van der Waals surface area contributed by atoms with E-state index in [1.807, 2.05) is 25.4 Å². The lowest BCUT2D eigenvalue weighted by atomic mass is 10.2. The highest BCUT2D eigenvalue weighted by atomic mass is 79.9. The molecule has 2 heterocycles. The third-order valence-corrected chi connectivity index (χ3v) is 2.88. The van der Waals surface area contributed by atoms with Crippen molar-refractivity contribution in [2.75, 3.05) is 0 Å². The quantitative estimate of drug-likeness (QED) is 0.730. The number of hydrogen-bond acceptors (Lipinski definition) is 4. The first-order valence-corrected chi connectivity index (χ1v) is 6.08. The Morgan fingerprint density at radius 3 is 3.00 bits per heavy atom. The minimum absolute atomic E-state index is 0.495. The zero-order valence-electron chi connectivity index (χ0n) is 9.54. The molecule has 0 bridgehead atoms. The van der Waals surface area contributed by atoms with Crippen LogP contribution in [0, 0.1) is 0 Å². The molecule has 90 valence electrons. The third-order valence-electron chi connectivity index (χ3n) is 2.42. The van der Waals surface area contributed by atoms with Crippen molar-refractivity contribution in [2.45, 2.75) is 0 Å². The normalized spacial score (nSPS) is 10.8. The van der Waals surface area contributed by atoms with Crippen molar-refractivity contribution in [1.29, 1.82) is 0 Å². The van der Waals surface area contributed by atoms with E-state index < -0.39 is 0 Å². The van der Waals surface area contributed by atoms with E-state index in [0.717, 1.165) is 15.4 Å². The van der Waals surface area contributed by atoms with Gasteiger partial charge in [0.2, 0.25) is 5.88 Å². The maximum Gasteiger partial charge on any atom is 0.222 e. The highest BCUT2D eigenvalue weighted by Gasteiger charge is 2.09. The standard InChI is InChI=1S/C12H9BrN4O/c1-17-6-8-4-9(13)5-10(12(8)16-17)18-11-2-3-14-7-15-11/h2-7H,1H3. The van der Waals surface area contributed by atoms with Crippen LogP contribution in [-0.4, -0.2) is 19.7 Å². The Morgan fingerprint density at radius 2 is 2.22 bits per heavy atom. The molecule has 0 N–H and O–H groups in total. The summed E-state index contributed by atoms with van der Waals surface area (Å²) in [4.78, 5) is 7.88. The summed E-state index contributed by atoms with van der Waals surface area (Å²) in [6.45, 7) is 0. The van der Waals surface area contributed by atoms with Crippen LogP contribution in [0.1, 0.15) is 0 Å². The van der Waals surface area contributed by atoms with Crippen LogP contribution in [0.25, 0.3) is 10.9 Å². The van der Waals surface area contributed by atoms with E-state index >= 15 is 0 Å². The fourth-order valence-corrected chi connectivity index (χ4v) is 2.17. The van der Waals surface area contributed by atoms with E-state index in [1.165, 1.54) is 6.33 Å². The Hall–Kier alpha value is -1.95. The molecule has 3 aromatic rings.